The minimum Gasteiger partial charge on any atom is -0.345 e. The number of anilines is 2. The van der Waals surface area contributed by atoms with Crippen LogP contribution in [0.4, 0.5) is 11.4 Å². The normalized spacial score (nSPS) is 10.7. The zero-order valence-electron chi connectivity index (χ0n) is 24.8. The van der Waals surface area contributed by atoms with Crippen LogP contribution in [0.15, 0.2) is 133 Å². The highest BCUT2D eigenvalue weighted by atomic mass is 15.1. The molecule has 0 spiro atoms. The van der Waals surface area contributed by atoms with E-state index in [1.807, 2.05) is 26.0 Å². The Hall–Kier alpha value is -5.26. The zero-order valence-corrected chi connectivity index (χ0v) is 24.8. The molecule has 6 rings (SSSR count). The number of hydrogen-bond donors (Lipinski definition) is 0. The van der Waals surface area contributed by atoms with Crippen molar-refractivity contribution in [3.05, 3.63) is 145 Å². The third-order valence-corrected chi connectivity index (χ3v) is 7.58. The Kier molecular flexibility index (Phi) is 8.71. The highest BCUT2D eigenvalue weighted by Crippen LogP contribution is 2.32. The van der Waals surface area contributed by atoms with E-state index >= 15 is 0 Å². The summed E-state index contributed by atoms with van der Waals surface area (Å²) >= 11 is 0. The maximum atomic E-state index is 5.49. The number of aromatic nitrogens is 1. The molecule has 0 fully saturated rings. The first-order chi connectivity index (χ1) is 20.6. The summed E-state index contributed by atoms with van der Waals surface area (Å²) in [5, 5.41) is 1.20. The van der Waals surface area contributed by atoms with Crippen LogP contribution in [0, 0.1) is 19.3 Å². The first kappa shape index (κ1) is 28.3. The van der Waals surface area contributed by atoms with Gasteiger partial charge in [-0.05, 0) is 83.8 Å². The molecule has 206 valence electrons. The first-order valence-corrected chi connectivity index (χ1v) is 14.5. The summed E-state index contributed by atoms with van der Waals surface area (Å²) < 4.78 is 2.30. The van der Waals surface area contributed by atoms with Gasteiger partial charge in [-0.2, -0.15) is 0 Å². The van der Waals surface area contributed by atoms with Gasteiger partial charge < -0.3 is 9.47 Å². The smallest absolute Gasteiger partial charge is 0.0537 e. The first-order valence-electron chi connectivity index (χ1n) is 14.5. The molecule has 6 aromatic rings. The van der Waals surface area contributed by atoms with Crippen LogP contribution >= 0.6 is 0 Å². The van der Waals surface area contributed by atoms with Crippen molar-refractivity contribution in [1.82, 2.24) is 4.57 Å². The second-order valence-corrected chi connectivity index (χ2v) is 9.92. The topological polar surface area (TPSA) is 8.17 Å². The molecule has 2 heteroatoms. The van der Waals surface area contributed by atoms with Crippen LogP contribution < -0.4 is 4.90 Å². The Morgan fingerprint density at radius 1 is 0.619 bits per heavy atom. The van der Waals surface area contributed by atoms with Crippen LogP contribution in [-0.2, 0) is 0 Å². The highest BCUT2D eigenvalue weighted by Gasteiger charge is 2.13. The number of terminal acetylenes is 1. The molecule has 0 amide bonds. The van der Waals surface area contributed by atoms with E-state index in [9.17, 15) is 0 Å². The van der Waals surface area contributed by atoms with E-state index in [1.54, 1.807) is 6.08 Å². The molecule has 0 N–H and O–H groups in total. The average molecular weight is 545 g/mol. The number of fused-ring (bicyclic) bond motifs is 1. The lowest BCUT2D eigenvalue weighted by atomic mass is 10.0. The minimum absolute atomic E-state index is 1.13. The number of hydrogen-bond acceptors (Lipinski definition) is 1. The monoisotopic (exact) mass is 544 g/mol. The Morgan fingerprint density at radius 3 is 1.64 bits per heavy atom. The lowest BCUT2D eigenvalue weighted by Crippen LogP contribution is -2.08. The molecule has 0 unspecified atom stereocenters. The van der Waals surface area contributed by atoms with Gasteiger partial charge in [0, 0.05) is 40.8 Å². The summed E-state index contributed by atoms with van der Waals surface area (Å²) in [7, 11) is 2.11. The predicted octanol–water partition coefficient (Wildman–Crippen LogP) is 10.7. The Morgan fingerprint density at radius 2 is 1.10 bits per heavy atom. The number of benzene rings is 5. The van der Waals surface area contributed by atoms with Crippen LogP contribution in [0.5, 0.6) is 0 Å². The SMILES string of the molecule is C#C/C=C\c1c(C)n(-c2ccc(-c3ccc(N(C)c4ccc(-c5ccccc5)cc4)cc3)cc2)c2ccccc12.CC. The molecule has 2 nitrogen and oxygen atoms in total. The molecule has 0 radical (unpaired) electrons. The summed E-state index contributed by atoms with van der Waals surface area (Å²) in [6.07, 6.45) is 9.29. The summed E-state index contributed by atoms with van der Waals surface area (Å²) in [6, 6.07) is 45.2. The van der Waals surface area contributed by atoms with Gasteiger partial charge in [0.1, 0.15) is 0 Å². The van der Waals surface area contributed by atoms with Crippen molar-refractivity contribution in [3.8, 4) is 40.3 Å². The van der Waals surface area contributed by atoms with E-state index in [-0.39, 0.29) is 0 Å². The fourth-order valence-electron chi connectivity index (χ4n) is 5.40. The molecule has 0 aliphatic heterocycles. The van der Waals surface area contributed by atoms with Gasteiger partial charge in [0.05, 0.1) is 5.52 Å². The molecular formula is C40H36N2. The van der Waals surface area contributed by atoms with E-state index in [4.69, 9.17) is 6.42 Å². The average Bonchev–Trinajstić information content (AvgIpc) is 3.35. The predicted molar refractivity (Wildman–Crippen MR) is 183 cm³/mol. The number of nitrogens with zero attached hydrogens (tertiary/aromatic N) is 2. The second kappa shape index (κ2) is 12.9. The van der Waals surface area contributed by atoms with Crippen molar-refractivity contribution >= 4 is 28.4 Å². The van der Waals surface area contributed by atoms with Gasteiger partial charge in [0.25, 0.3) is 0 Å². The largest absolute Gasteiger partial charge is 0.345 e. The number of rotatable bonds is 6. The Bertz CT molecular complexity index is 1830. The number of para-hydroxylation sites is 1. The van der Waals surface area contributed by atoms with Crippen molar-refractivity contribution in [3.63, 3.8) is 0 Å². The van der Waals surface area contributed by atoms with Crippen molar-refractivity contribution < 1.29 is 0 Å². The summed E-state index contributed by atoms with van der Waals surface area (Å²) in [4.78, 5) is 2.22. The quantitative estimate of drug-likeness (QED) is 0.189. The van der Waals surface area contributed by atoms with Crippen molar-refractivity contribution in [2.45, 2.75) is 20.8 Å². The van der Waals surface area contributed by atoms with Gasteiger partial charge in [0.15, 0.2) is 0 Å². The van der Waals surface area contributed by atoms with Crippen molar-refractivity contribution in [1.29, 1.82) is 0 Å². The molecule has 0 saturated heterocycles. The molecule has 5 aromatic carbocycles. The van der Waals surface area contributed by atoms with Gasteiger partial charge in [-0.3, -0.25) is 0 Å². The standard InChI is InChI=1S/C38H30N2.C2H6/c1-4-5-13-36-28(2)40(38-15-10-9-14-37(36)38)35-26-20-32(21-27-35)31-18-24-34(25-19-31)39(3)33-22-16-30(17-23-33)29-11-7-6-8-12-29;1-2/h1,5-27H,2-3H3;1-2H3/b13-5-;. The Labute approximate surface area is 250 Å². The summed E-state index contributed by atoms with van der Waals surface area (Å²) in [5.41, 5.74) is 11.8. The lowest BCUT2D eigenvalue weighted by Gasteiger charge is -2.20. The molecular weight excluding hydrogens is 508 g/mol. The van der Waals surface area contributed by atoms with E-state index in [0.717, 1.165) is 22.6 Å². The molecule has 0 aliphatic carbocycles. The second-order valence-electron chi connectivity index (χ2n) is 9.92. The van der Waals surface area contributed by atoms with Crippen LogP contribution in [0.2, 0.25) is 0 Å². The van der Waals surface area contributed by atoms with Crippen LogP contribution in [-0.4, -0.2) is 11.6 Å². The van der Waals surface area contributed by atoms with Gasteiger partial charge in [-0.25, -0.2) is 0 Å². The molecule has 1 aromatic heterocycles. The highest BCUT2D eigenvalue weighted by molar-refractivity contribution is 5.93. The molecule has 0 atom stereocenters. The fraction of sp³-hybridized carbons (Fsp3) is 0.100. The molecule has 0 saturated carbocycles. The zero-order chi connectivity index (χ0) is 29.5. The van der Waals surface area contributed by atoms with Crippen molar-refractivity contribution in [2.24, 2.45) is 0 Å². The molecule has 0 bridgehead atoms. The third kappa shape index (κ3) is 5.64. The lowest BCUT2D eigenvalue weighted by molar-refractivity contribution is 1.05. The maximum absolute atomic E-state index is 5.49. The van der Waals surface area contributed by atoms with Crippen LogP contribution in [0.25, 0.3) is 44.9 Å². The van der Waals surface area contributed by atoms with Crippen molar-refractivity contribution in [2.75, 3.05) is 11.9 Å². The van der Waals surface area contributed by atoms with Crippen LogP contribution in [0.3, 0.4) is 0 Å². The van der Waals surface area contributed by atoms with E-state index in [1.165, 1.54) is 38.9 Å². The molecule has 0 aliphatic rings. The van der Waals surface area contributed by atoms with E-state index in [2.05, 4.69) is 151 Å². The molecule has 1 heterocycles. The Balaban J connectivity index is 0.00000173. The fourth-order valence-corrected chi connectivity index (χ4v) is 5.40. The van der Waals surface area contributed by atoms with Gasteiger partial charge in [0.2, 0.25) is 0 Å². The van der Waals surface area contributed by atoms with E-state index in [0.29, 0.717) is 0 Å². The third-order valence-electron chi connectivity index (χ3n) is 7.58. The summed E-state index contributed by atoms with van der Waals surface area (Å²) in [5.74, 6) is 2.62. The van der Waals surface area contributed by atoms with Crippen LogP contribution in [0.1, 0.15) is 25.1 Å². The van der Waals surface area contributed by atoms with Gasteiger partial charge >= 0.3 is 0 Å². The van der Waals surface area contributed by atoms with Gasteiger partial charge in [-0.15, -0.1) is 6.42 Å². The minimum atomic E-state index is 1.13. The molecule has 42 heavy (non-hydrogen) atoms. The number of allylic oxidation sites excluding steroid dienone is 1. The van der Waals surface area contributed by atoms with Gasteiger partial charge in [-0.1, -0.05) is 105 Å². The maximum Gasteiger partial charge on any atom is 0.0537 e. The summed E-state index contributed by atoms with van der Waals surface area (Å²) in [6.45, 7) is 6.15. The van der Waals surface area contributed by atoms with E-state index < -0.39 is 0 Å².